The van der Waals surface area contributed by atoms with E-state index in [1.807, 2.05) is 19.1 Å². The molecular weight excluding hydrogens is 176 g/mol. The van der Waals surface area contributed by atoms with Crippen LogP contribution in [0.25, 0.3) is 0 Å². The first-order chi connectivity index (χ1) is 6.49. The van der Waals surface area contributed by atoms with E-state index < -0.39 is 0 Å². The van der Waals surface area contributed by atoms with Crippen LogP contribution in [-0.2, 0) is 9.53 Å². The number of allylic oxidation sites excluding steroid dienone is 1. The van der Waals surface area contributed by atoms with Crippen LogP contribution in [0.1, 0.15) is 27.7 Å². The lowest BCUT2D eigenvalue weighted by atomic mass is 10.00. The zero-order valence-corrected chi connectivity index (χ0v) is 9.54. The van der Waals surface area contributed by atoms with E-state index in [1.165, 1.54) is 0 Å². The Balaban J connectivity index is 4.44. The summed E-state index contributed by atoms with van der Waals surface area (Å²) in [5.41, 5.74) is 0.820. The number of carbonyl (C=O) groups is 1. The normalized spacial score (nSPS) is 13.2. The predicted octanol–water partition coefficient (Wildman–Crippen LogP) is 2.95. The second-order valence-corrected chi connectivity index (χ2v) is 3.70. The SMILES string of the molecule is C=C(C)C(C=CC(C)C)C(=O)OCC. The fraction of sp³-hybridized carbons (Fsp3) is 0.583. The first-order valence-electron chi connectivity index (χ1n) is 4.99. The van der Waals surface area contributed by atoms with Gasteiger partial charge in [0.2, 0.25) is 0 Å². The van der Waals surface area contributed by atoms with Gasteiger partial charge in [-0.15, -0.1) is 0 Å². The summed E-state index contributed by atoms with van der Waals surface area (Å²) >= 11 is 0. The van der Waals surface area contributed by atoms with E-state index in [1.54, 1.807) is 6.92 Å². The van der Waals surface area contributed by atoms with Crippen LogP contribution in [0.15, 0.2) is 24.3 Å². The molecular formula is C12H20O2. The highest BCUT2D eigenvalue weighted by Gasteiger charge is 2.16. The zero-order chi connectivity index (χ0) is 11.1. The summed E-state index contributed by atoms with van der Waals surface area (Å²) in [6.45, 7) is 12.0. The fourth-order valence-corrected chi connectivity index (χ4v) is 1.01. The minimum Gasteiger partial charge on any atom is -0.465 e. The number of carbonyl (C=O) groups excluding carboxylic acids is 1. The molecule has 14 heavy (non-hydrogen) atoms. The lowest BCUT2D eigenvalue weighted by molar-refractivity contribution is -0.145. The Hall–Kier alpha value is -1.05. The Morgan fingerprint density at radius 1 is 1.43 bits per heavy atom. The summed E-state index contributed by atoms with van der Waals surface area (Å²) in [7, 11) is 0. The van der Waals surface area contributed by atoms with E-state index in [0.29, 0.717) is 12.5 Å². The third kappa shape index (κ3) is 4.85. The lowest BCUT2D eigenvalue weighted by Gasteiger charge is -2.11. The van der Waals surface area contributed by atoms with Crippen molar-refractivity contribution in [3.05, 3.63) is 24.3 Å². The summed E-state index contributed by atoms with van der Waals surface area (Å²) < 4.78 is 4.95. The smallest absolute Gasteiger partial charge is 0.316 e. The monoisotopic (exact) mass is 196 g/mol. The molecule has 1 unspecified atom stereocenters. The van der Waals surface area contributed by atoms with Gasteiger partial charge >= 0.3 is 5.97 Å². The van der Waals surface area contributed by atoms with Gasteiger partial charge in [0.1, 0.15) is 0 Å². The molecule has 0 aliphatic carbocycles. The molecule has 0 N–H and O–H groups in total. The van der Waals surface area contributed by atoms with Crippen molar-refractivity contribution in [3.8, 4) is 0 Å². The van der Waals surface area contributed by atoms with E-state index in [0.717, 1.165) is 5.57 Å². The predicted molar refractivity (Wildman–Crippen MR) is 58.9 cm³/mol. The topological polar surface area (TPSA) is 26.3 Å². The Labute approximate surface area is 86.6 Å². The fourth-order valence-electron chi connectivity index (χ4n) is 1.01. The zero-order valence-electron chi connectivity index (χ0n) is 9.54. The van der Waals surface area contributed by atoms with Crippen molar-refractivity contribution in [1.29, 1.82) is 0 Å². The number of hydrogen-bond acceptors (Lipinski definition) is 2. The maximum absolute atomic E-state index is 11.5. The Kier molecular flexibility index (Phi) is 5.93. The van der Waals surface area contributed by atoms with Crippen molar-refractivity contribution < 1.29 is 9.53 Å². The van der Waals surface area contributed by atoms with Crippen LogP contribution >= 0.6 is 0 Å². The Bertz CT molecular complexity index is 226. The molecule has 0 aromatic carbocycles. The maximum Gasteiger partial charge on any atom is 0.316 e. The average Bonchev–Trinajstić information content (AvgIpc) is 2.03. The van der Waals surface area contributed by atoms with Crippen molar-refractivity contribution in [2.75, 3.05) is 6.61 Å². The highest BCUT2D eigenvalue weighted by molar-refractivity contribution is 5.77. The van der Waals surface area contributed by atoms with Gasteiger partial charge in [-0.3, -0.25) is 4.79 Å². The van der Waals surface area contributed by atoms with Crippen LogP contribution in [0.3, 0.4) is 0 Å². The molecule has 0 aliphatic rings. The molecule has 0 fully saturated rings. The van der Waals surface area contributed by atoms with Gasteiger partial charge in [-0.1, -0.05) is 38.2 Å². The van der Waals surface area contributed by atoms with Crippen LogP contribution in [0, 0.1) is 11.8 Å². The second-order valence-electron chi connectivity index (χ2n) is 3.70. The minimum absolute atomic E-state index is 0.211. The molecule has 2 heteroatoms. The van der Waals surface area contributed by atoms with E-state index >= 15 is 0 Å². The second kappa shape index (κ2) is 6.41. The van der Waals surface area contributed by atoms with E-state index in [4.69, 9.17) is 4.74 Å². The quantitative estimate of drug-likeness (QED) is 0.499. The third-order valence-corrected chi connectivity index (χ3v) is 1.76. The molecule has 0 aromatic heterocycles. The first kappa shape index (κ1) is 12.9. The summed E-state index contributed by atoms with van der Waals surface area (Å²) in [6.07, 6.45) is 3.86. The van der Waals surface area contributed by atoms with Gasteiger partial charge in [-0.2, -0.15) is 0 Å². The maximum atomic E-state index is 11.5. The number of hydrogen-bond donors (Lipinski definition) is 0. The number of ether oxygens (including phenoxy) is 1. The minimum atomic E-state index is -0.294. The van der Waals surface area contributed by atoms with E-state index in [-0.39, 0.29) is 11.9 Å². The Morgan fingerprint density at radius 3 is 2.36 bits per heavy atom. The van der Waals surface area contributed by atoms with E-state index in [2.05, 4.69) is 20.4 Å². The van der Waals surface area contributed by atoms with Crippen LogP contribution < -0.4 is 0 Å². The largest absolute Gasteiger partial charge is 0.465 e. The van der Waals surface area contributed by atoms with Gasteiger partial charge in [-0.05, 0) is 19.8 Å². The molecule has 0 bridgehead atoms. The van der Waals surface area contributed by atoms with Crippen molar-refractivity contribution in [2.24, 2.45) is 11.8 Å². The van der Waals surface area contributed by atoms with Gasteiger partial charge in [0.25, 0.3) is 0 Å². The lowest BCUT2D eigenvalue weighted by Crippen LogP contribution is -2.16. The molecule has 0 spiro atoms. The standard InChI is InChI=1S/C12H20O2/c1-6-14-12(13)11(10(4)5)8-7-9(2)3/h7-9,11H,4,6H2,1-3,5H3. The van der Waals surface area contributed by atoms with Gasteiger partial charge in [0, 0.05) is 0 Å². The van der Waals surface area contributed by atoms with Gasteiger partial charge < -0.3 is 4.74 Å². The van der Waals surface area contributed by atoms with Crippen LogP contribution in [0.5, 0.6) is 0 Å². The molecule has 0 amide bonds. The highest BCUT2D eigenvalue weighted by Crippen LogP contribution is 2.13. The molecule has 0 rings (SSSR count). The van der Waals surface area contributed by atoms with Gasteiger partial charge in [0.05, 0.1) is 12.5 Å². The van der Waals surface area contributed by atoms with Crippen LogP contribution in [0.2, 0.25) is 0 Å². The van der Waals surface area contributed by atoms with Crippen LogP contribution in [-0.4, -0.2) is 12.6 Å². The highest BCUT2D eigenvalue weighted by atomic mass is 16.5. The van der Waals surface area contributed by atoms with E-state index in [9.17, 15) is 4.79 Å². The Morgan fingerprint density at radius 2 is 2.00 bits per heavy atom. The molecule has 2 nitrogen and oxygen atoms in total. The third-order valence-electron chi connectivity index (χ3n) is 1.76. The number of esters is 1. The molecule has 0 heterocycles. The summed E-state index contributed by atoms with van der Waals surface area (Å²) in [5, 5.41) is 0. The van der Waals surface area contributed by atoms with Crippen molar-refractivity contribution in [1.82, 2.24) is 0 Å². The number of rotatable bonds is 5. The summed E-state index contributed by atoms with van der Waals surface area (Å²) in [6, 6.07) is 0. The molecule has 1 atom stereocenters. The summed E-state index contributed by atoms with van der Waals surface area (Å²) in [4.78, 5) is 11.5. The van der Waals surface area contributed by atoms with Gasteiger partial charge in [0.15, 0.2) is 0 Å². The van der Waals surface area contributed by atoms with Crippen molar-refractivity contribution >= 4 is 5.97 Å². The summed E-state index contributed by atoms with van der Waals surface area (Å²) in [5.74, 6) is -0.0690. The molecule has 0 aromatic rings. The van der Waals surface area contributed by atoms with Crippen LogP contribution in [0.4, 0.5) is 0 Å². The first-order valence-corrected chi connectivity index (χ1v) is 4.99. The van der Waals surface area contributed by atoms with Gasteiger partial charge in [-0.25, -0.2) is 0 Å². The average molecular weight is 196 g/mol. The molecule has 0 saturated carbocycles. The molecule has 80 valence electrons. The molecule has 0 aliphatic heterocycles. The van der Waals surface area contributed by atoms with Crippen molar-refractivity contribution in [3.63, 3.8) is 0 Å². The molecule has 0 saturated heterocycles. The molecule has 0 radical (unpaired) electrons. The van der Waals surface area contributed by atoms with Crippen molar-refractivity contribution in [2.45, 2.75) is 27.7 Å².